The number of amides is 2. The van der Waals surface area contributed by atoms with Crippen LogP contribution in [0.15, 0.2) is 48.5 Å². The van der Waals surface area contributed by atoms with Gasteiger partial charge in [-0.2, -0.15) is 0 Å². The molecule has 2 amide bonds. The Hall–Kier alpha value is -3.35. The molecule has 0 saturated heterocycles. The van der Waals surface area contributed by atoms with Crippen molar-refractivity contribution in [3.8, 4) is 11.1 Å². The van der Waals surface area contributed by atoms with Crippen LogP contribution in [0.2, 0.25) is 0 Å². The van der Waals surface area contributed by atoms with Crippen molar-refractivity contribution >= 4 is 18.0 Å². The molecule has 170 valence electrons. The highest BCUT2D eigenvalue weighted by Gasteiger charge is 2.29. The largest absolute Gasteiger partial charge is 0.480 e. The molecule has 0 fully saturated rings. The summed E-state index contributed by atoms with van der Waals surface area (Å²) in [7, 11) is 0. The molecular weight excluding hydrogens is 408 g/mol. The molecule has 0 radical (unpaired) electrons. The van der Waals surface area contributed by atoms with Crippen LogP contribution >= 0.6 is 0 Å². The van der Waals surface area contributed by atoms with E-state index in [9.17, 15) is 14.4 Å². The van der Waals surface area contributed by atoms with Crippen LogP contribution in [0.4, 0.5) is 4.79 Å². The Bertz CT molecular complexity index is 942. The van der Waals surface area contributed by atoms with Crippen LogP contribution in [0.1, 0.15) is 50.7 Å². The molecule has 1 aliphatic carbocycles. The topological polar surface area (TPSA) is 95.9 Å². The lowest BCUT2D eigenvalue weighted by molar-refractivity contribution is -0.146. The smallest absolute Gasteiger partial charge is 0.407 e. The van der Waals surface area contributed by atoms with E-state index in [-0.39, 0.29) is 37.4 Å². The number of fused-ring (bicyclic) bond motifs is 3. The molecular formula is C25H30N2O5. The number of hydrogen-bond acceptors (Lipinski definition) is 4. The maximum atomic E-state index is 12.6. The van der Waals surface area contributed by atoms with Gasteiger partial charge in [0.25, 0.3) is 0 Å². The quantitative estimate of drug-likeness (QED) is 0.617. The van der Waals surface area contributed by atoms with Crippen molar-refractivity contribution in [2.75, 3.05) is 13.2 Å². The van der Waals surface area contributed by atoms with Crippen molar-refractivity contribution in [1.82, 2.24) is 10.2 Å². The van der Waals surface area contributed by atoms with Crippen molar-refractivity contribution in [2.45, 2.75) is 51.6 Å². The van der Waals surface area contributed by atoms with Gasteiger partial charge in [0.2, 0.25) is 5.91 Å². The number of aliphatic carboxylic acids is 1. The highest BCUT2D eigenvalue weighted by Crippen LogP contribution is 2.44. The van der Waals surface area contributed by atoms with Crippen molar-refractivity contribution in [1.29, 1.82) is 0 Å². The van der Waals surface area contributed by atoms with Gasteiger partial charge in [0.15, 0.2) is 0 Å². The number of rotatable bonds is 9. The number of hydrogen-bond donors (Lipinski definition) is 2. The van der Waals surface area contributed by atoms with Gasteiger partial charge in [-0.3, -0.25) is 9.59 Å². The van der Waals surface area contributed by atoms with E-state index in [0.717, 1.165) is 22.3 Å². The summed E-state index contributed by atoms with van der Waals surface area (Å²) in [4.78, 5) is 37.4. The monoisotopic (exact) mass is 438 g/mol. The molecule has 0 bridgehead atoms. The van der Waals surface area contributed by atoms with Crippen LogP contribution in [0.25, 0.3) is 11.1 Å². The van der Waals surface area contributed by atoms with E-state index in [0.29, 0.717) is 6.42 Å². The number of carbonyl (C=O) groups excluding carboxylic acids is 2. The molecule has 0 spiro atoms. The standard InChI is InChI=1S/C25H30N2O5/c1-4-17(13-23(28)27(16(2)3)14-24(29)30)26-25(31)32-15-22-20-11-7-5-9-18(20)19-10-6-8-12-21(19)22/h5-12,16-17,22H,4,13-15H2,1-3H3,(H,26,31)(H,29,30)/t17-/m0/s1. The maximum Gasteiger partial charge on any atom is 0.407 e. The average molecular weight is 439 g/mol. The molecule has 2 aromatic carbocycles. The lowest BCUT2D eigenvalue weighted by Gasteiger charge is -2.27. The van der Waals surface area contributed by atoms with Gasteiger partial charge in [-0.1, -0.05) is 55.5 Å². The van der Waals surface area contributed by atoms with Crippen molar-refractivity contribution in [3.05, 3.63) is 59.7 Å². The Labute approximate surface area is 188 Å². The first-order valence-corrected chi connectivity index (χ1v) is 10.9. The zero-order chi connectivity index (χ0) is 23.3. The molecule has 7 nitrogen and oxygen atoms in total. The third-order valence-corrected chi connectivity index (χ3v) is 5.83. The fourth-order valence-electron chi connectivity index (χ4n) is 4.14. The van der Waals surface area contributed by atoms with Crippen LogP contribution in [-0.2, 0) is 14.3 Å². The maximum absolute atomic E-state index is 12.6. The Balaban J connectivity index is 1.60. The molecule has 3 rings (SSSR count). The normalized spacial score (nSPS) is 13.2. The minimum Gasteiger partial charge on any atom is -0.480 e. The third-order valence-electron chi connectivity index (χ3n) is 5.83. The fraction of sp³-hybridized carbons (Fsp3) is 0.400. The van der Waals surface area contributed by atoms with E-state index in [4.69, 9.17) is 9.84 Å². The molecule has 2 N–H and O–H groups in total. The number of ether oxygens (including phenoxy) is 1. The number of carboxylic acid groups (broad SMARTS) is 1. The van der Waals surface area contributed by atoms with E-state index < -0.39 is 18.1 Å². The van der Waals surface area contributed by atoms with Crippen molar-refractivity contribution < 1.29 is 24.2 Å². The van der Waals surface area contributed by atoms with Crippen LogP contribution in [0.3, 0.4) is 0 Å². The van der Waals surface area contributed by atoms with Crippen LogP contribution in [0.5, 0.6) is 0 Å². The van der Waals surface area contributed by atoms with Crippen LogP contribution in [0, 0.1) is 0 Å². The second kappa shape index (κ2) is 10.3. The van der Waals surface area contributed by atoms with Gasteiger partial charge in [0, 0.05) is 24.4 Å². The molecule has 0 aliphatic heterocycles. The highest BCUT2D eigenvalue weighted by atomic mass is 16.5. The number of nitrogens with one attached hydrogen (secondary N) is 1. The van der Waals surface area contributed by atoms with Crippen molar-refractivity contribution in [2.24, 2.45) is 0 Å². The SMILES string of the molecule is CC[C@@H](CC(=O)N(CC(=O)O)C(C)C)NC(=O)OCC1c2ccccc2-c2ccccc21. The number of nitrogens with zero attached hydrogens (tertiary/aromatic N) is 1. The van der Waals surface area contributed by atoms with E-state index in [1.165, 1.54) is 4.90 Å². The average Bonchev–Trinajstić information content (AvgIpc) is 3.09. The summed E-state index contributed by atoms with van der Waals surface area (Å²) in [5, 5.41) is 11.8. The first-order chi connectivity index (χ1) is 15.3. The molecule has 0 saturated carbocycles. The predicted octanol–water partition coefficient (Wildman–Crippen LogP) is 4.02. The molecule has 32 heavy (non-hydrogen) atoms. The Kier molecular flexibility index (Phi) is 7.51. The number of carbonyl (C=O) groups is 3. The lowest BCUT2D eigenvalue weighted by atomic mass is 9.98. The molecule has 0 aromatic heterocycles. The number of benzene rings is 2. The minimum absolute atomic E-state index is 0.0200. The van der Waals surface area contributed by atoms with Gasteiger partial charge in [0.1, 0.15) is 13.2 Å². The molecule has 0 unspecified atom stereocenters. The Morgan fingerprint density at radius 3 is 2.09 bits per heavy atom. The summed E-state index contributed by atoms with van der Waals surface area (Å²) in [6.07, 6.45) is -0.0398. The second-order valence-corrected chi connectivity index (χ2v) is 8.29. The molecule has 2 aromatic rings. The molecule has 1 atom stereocenters. The van der Waals surface area contributed by atoms with Gasteiger partial charge >= 0.3 is 12.1 Å². The zero-order valence-electron chi connectivity index (χ0n) is 18.7. The number of carboxylic acids is 1. The molecule has 0 heterocycles. The van der Waals surface area contributed by atoms with Gasteiger partial charge in [-0.25, -0.2) is 4.79 Å². The second-order valence-electron chi connectivity index (χ2n) is 8.29. The predicted molar refractivity (Wildman–Crippen MR) is 121 cm³/mol. The van der Waals surface area contributed by atoms with E-state index in [1.54, 1.807) is 13.8 Å². The van der Waals surface area contributed by atoms with E-state index in [2.05, 4.69) is 29.6 Å². The Morgan fingerprint density at radius 2 is 1.59 bits per heavy atom. The van der Waals surface area contributed by atoms with Crippen LogP contribution < -0.4 is 5.32 Å². The minimum atomic E-state index is -1.07. The molecule has 1 aliphatic rings. The fourth-order valence-corrected chi connectivity index (χ4v) is 4.14. The van der Waals surface area contributed by atoms with E-state index >= 15 is 0 Å². The third kappa shape index (κ3) is 5.28. The first-order valence-electron chi connectivity index (χ1n) is 10.9. The van der Waals surface area contributed by atoms with Crippen molar-refractivity contribution in [3.63, 3.8) is 0 Å². The highest BCUT2D eigenvalue weighted by molar-refractivity contribution is 5.82. The summed E-state index contributed by atoms with van der Waals surface area (Å²) < 4.78 is 5.56. The van der Waals surface area contributed by atoms with E-state index in [1.807, 2.05) is 31.2 Å². The van der Waals surface area contributed by atoms with Gasteiger partial charge in [0.05, 0.1) is 0 Å². The summed E-state index contributed by atoms with van der Waals surface area (Å²) >= 11 is 0. The summed E-state index contributed by atoms with van der Waals surface area (Å²) in [5.74, 6) is -1.42. The summed E-state index contributed by atoms with van der Waals surface area (Å²) in [6.45, 7) is 5.22. The number of alkyl carbamates (subject to hydrolysis) is 1. The van der Waals surface area contributed by atoms with Gasteiger partial charge in [-0.05, 0) is 42.5 Å². The Morgan fingerprint density at radius 1 is 1.03 bits per heavy atom. The first kappa shape index (κ1) is 23.3. The zero-order valence-corrected chi connectivity index (χ0v) is 18.7. The van der Waals surface area contributed by atoms with Gasteiger partial charge < -0.3 is 20.1 Å². The summed E-state index contributed by atoms with van der Waals surface area (Å²) in [6, 6.07) is 15.5. The lowest BCUT2D eigenvalue weighted by Crippen LogP contribution is -2.45. The van der Waals surface area contributed by atoms with Gasteiger partial charge in [-0.15, -0.1) is 0 Å². The summed E-state index contributed by atoms with van der Waals surface area (Å²) in [5.41, 5.74) is 4.57. The molecule has 7 heteroatoms. The van der Waals surface area contributed by atoms with Crippen LogP contribution in [-0.4, -0.2) is 53.2 Å².